The minimum absolute atomic E-state index is 0.265. The molecule has 0 heterocycles. The highest BCUT2D eigenvalue weighted by Gasteiger charge is 2.78. The van der Waals surface area contributed by atoms with Gasteiger partial charge >= 0.3 is 0 Å². The van der Waals surface area contributed by atoms with Crippen LogP contribution in [0.15, 0.2) is 23.3 Å². The van der Waals surface area contributed by atoms with Gasteiger partial charge in [-0.3, -0.25) is 0 Å². The monoisotopic (exact) mass is 288 g/mol. The summed E-state index contributed by atoms with van der Waals surface area (Å²) >= 11 is 0. The molecular formula is C20H32O. The van der Waals surface area contributed by atoms with E-state index in [-0.39, 0.29) is 5.41 Å². The van der Waals surface area contributed by atoms with Gasteiger partial charge in [-0.05, 0) is 83.5 Å². The lowest BCUT2D eigenvalue weighted by molar-refractivity contribution is -0.0579. The van der Waals surface area contributed by atoms with Crippen LogP contribution in [0, 0.1) is 29.1 Å². The van der Waals surface area contributed by atoms with Gasteiger partial charge in [-0.1, -0.05) is 30.2 Å². The maximum atomic E-state index is 11.0. The Kier molecular flexibility index (Phi) is 3.64. The summed E-state index contributed by atoms with van der Waals surface area (Å²) in [6.07, 6.45) is 10.6. The maximum absolute atomic E-state index is 11.0. The molecule has 0 bridgehead atoms. The molecule has 3 rings (SSSR count). The number of hydrogen-bond acceptors (Lipinski definition) is 1. The number of fused-ring (bicyclic) bond motifs is 1. The predicted octanol–water partition coefficient (Wildman–Crippen LogP) is 5.11. The average molecular weight is 288 g/mol. The van der Waals surface area contributed by atoms with Crippen molar-refractivity contribution in [3.8, 4) is 0 Å². The Balaban J connectivity index is 1.80. The molecule has 0 amide bonds. The number of hydrogen-bond donors (Lipinski definition) is 1. The van der Waals surface area contributed by atoms with E-state index in [0.717, 1.165) is 36.5 Å². The lowest BCUT2D eigenvalue weighted by Crippen LogP contribution is -2.42. The van der Waals surface area contributed by atoms with Gasteiger partial charge < -0.3 is 5.11 Å². The van der Waals surface area contributed by atoms with E-state index in [1.165, 1.54) is 24.8 Å². The summed E-state index contributed by atoms with van der Waals surface area (Å²) in [4.78, 5) is 0. The lowest BCUT2D eigenvalue weighted by Gasteiger charge is -2.41. The topological polar surface area (TPSA) is 20.2 Å². The highest BCUT2D eigenvalue weighted by Crippen LogP contribution is 2.80. The molecule has 0 aromatic rings. The number of allylic oxidation sites excluding steroid dienone is 4. The zero-order valence-corrected chi connectivity index (χ0v) is 14.4. The Hall–Kier alpha value is -0.560. The van der Waals surface area contributed by atoms with E-state index in [1.54, 1.807) is 5.57 Å². The van der Waals surface area contributed by atoms with E-state index in [0.29, 0.717) is 0 Å². The molecule has 3 fully saturated rings. The molecule has 0 aromatic heterocycles. The van der Waals surface area contributed by atoms with Crippen LogP contribution in [0.4, 0.5) is 0 Å². The van der Waals surface area contributed by atoms with E-state index in [2.05, 4.69) is 46.8 Å². The zero-order chi connectivity index (χ0) is 15.4. The summed E-state index contributed by atoms with van der Waals surface area (Å²) in [6.45, 7) is 11.2. The van der Waals surface area contributed by atoms with E-state index >= 15 is 0 Å². The molecule has 0 radical (unpaired) electrons. The van der Waals surface area contributed by atoms with E-state index in [4.69, 9.17) is 0 Å². The first-order valence-corrected chi connectivity index (χ1v) is 8.83. The van der Waals surface area contributed by atoms with Crippen molar-refractivity contribution in [1.29, 1.82) is 0 Å². The van der Waals surface area contributed by atoms with Crippen LogP contribution < -0.4 is 0 Å². The Morgan fingerprint density at radius 2 is 1.81 bits per heavy atom. The fourth-order valence-electron chi connectivity index (χ4n) is 5.93. The van der Waals surface area contributed by atoms with Crippen LogP contribution in [-0.2, 0) is 0 Å². The summed E-state index contributed by atoms with van der Waals surface area (Å²) in [5.74, 6) is 3.08. The van der Waals surface area contributed by atoms with Gasteiger partial charge in [0.25, 0.3) is 0 Å². The van der Waals surface area contributed by atoms with Gasteiger partial charge in [0.05, 0.1) is 5.60 Å². The largest absolute Gasteiger partial charge is 0.390 e. The first kappa shape index (κ1) is 15.3. The van der Waals surface area contributed by atoms with Gasteiger partial charge in [0, 0.05) is 5.41 Å². The molecule has 1 heteroatoms. The molecule has 3 aliphatic rings. The van der Waals surface area contributed by atoms with Crippen molar-refractivity contribution >= 4 is 0 Å². The van der Waals surface area contributed by atoms with Crippen LogP contribution in [0.2, 0.25) is 0 Å². The Bertz CT molecular complexity index is 480. The fraction of sp³-hybridized carbons (Fsp3) is 0.800. The molecule has 21 heavy (non-hydrogen) atoms. The summed E-state index contributed by atoms with van der Waals surface area (Å²) in [5, 5.41) is 11.0. The third kappa shape index (κ3) is 2.15. The van der Waals surface area contributed by atoms with Crippen molar-refractivity contribution in [3.05, 3.63) is 23.3 Å². The Morgan fingerprint density at radius 1 is 1.10 bits per heavy atom. The molecular weight excluding hydrogens is 256 g/mol. The standard InChI is InChI=1S/C20H32O/c1-13(2)7-6-8-14(3)16-10-11-19(5,21)20-12-9-15(4)17(20)18(16)20/h7-8,15-18,21H,6,9-12H2,1-5H3/b14-8-/t15-,16?,17?,18?,19?,20?/m0/s1. The summed E-state index contributed by atoms with van der Waals surface area (Å²) in [6, 6.07) is 0. The van der Waals surface area contributed by atoms with Crippen LogP contribution in [0.25, 0.3) is 0 Å². The molecule has 118 valence electrons. The van der Waals surface area contributed by atoms with Crippen molar-refractivity contribution in [2.24, 2.45) is 29.1 Å². The molecule has 1 nitrogen and oxygen atoms in total. The fourth-order valence-corrected chi connectivity index (χ4v) is 5.93. The van der Waals surface area contributed by atoms with Gasteiger partial charge in [0.2, 0.25) is 0 Å². The molecule has 0 aliphatic heterocycles. The molecule has 3 saturated carbocycles. The summed E-state index contributed by atoms with van der Waals surface area (Å²) < 4.78 is 0. The minimum atomic E-state index is -0.413. The third-order valence-electron chi connectivity index (χ3n) is 7.02. The van der Waals surface area contributed by atoms with Crippen LogP contribution in [0.1, 0.15) is 66.7 Å². The number of aliphatic hydroxyl groups is 1. The highest BCUT2D eigenvalue weighted by atomic mass is 16.3. The smallest absolute Gasteiger partial charge is 0.0681 e. The van der Waals surface area contributed by atoms with Gasteiger partial charge in [0.1, 0.15) is 0 Å². The number of rotatable bonds is 3. The average Bonchev–Trinajstić information content (AvgIpc) is 2.95. The van der Waals surface area contributed by atoms with Crippen molar-refractivity contribution < 1.29 is 5.11 Å². The molecule has 0 saturated heterocycles. The van der Waals surface area contributed by atoms with Crippen LogP contribution in [-0.4, -0.2) is 10.7 Å². The van der Waals surface area contributed by atoms with Gasteiger partial charge in [0.15, 0.2) is 0 Å². The second-order valence-corrected chi connectivity index (χ2v) is 8.49. The molecule has 1 N–H and O–H groups in total. The summed E-state index contributed by atoms with van der Waals surface area (Å²) in [7, 11) is 0. The van der Waals surface area contributed by atoms with Crippen LogP contribution >= 0.6 is 0 Å². The Morgan fingerprint density at radius 3 is 2.48 bits per heavy atom. The zero-order valence-electron chi connectivity index (χ0n) is 14.4. The van der Waals surface area contributed by atoms with E-state index in [9.17, 15) is 5.11 Å². The van der Waals surface area contributed by atoms with E-state index in [1.807, 2.05) is 0 Å². The molecule has 6 atom stereocenters. The second kappa shape index (κ2) is 4.98. The van der Waals surface area contributed by atoms with Gasteiger partial charge in [-0.15, -0.1) is 0 Å². The van der Waals surface area contributed by atoms with Crippen molar-refractivity contribution in [3.63, 3.8) is 0 Å². The summed E-state index contributed by atoms with van der Waals surface area (Å²) in [5.41, 5.74) is 2.83. The van der Waals surface area contributed by atoms with Crippen molar-refractivity contribution in [2.45, 2.75) is 72.3 Å². The van der Waals surface area contributed by atoms with Crippen molar-refractivity contribution in [1.82, 2.24) is 0 Å². The normalized spacial score (nSPS) is 48.6. The first-order valence-electron chi connectivity index (χ1n) is 8.83. The van der Waals surface area contributed by atoms with Crippen LogP contribution in [0.3, 0.4) is 0 Å². The first-order chi connectivity index (χ1) is 9.81. The highest BCUT2D eigenvalue weighted by molar-refractivity contribution is 5.30. The Labute approximate surface area is 130 Å². The minimum Gasteiger partial charge on any atom is -0.390 e. The maximum Gasteiger partial charge on any atom is 0.0681 e. The SMILES string of the molecule is CC(C)=CC/C=C(/C)C1CCC(C)(O)C23CC[C@H](C)C2C13. The molecule has 3 aliphatic carbocycles. The van der Waals surface area contributed by atoms with Gasteiger partial charge in [-0.25, -0.2) is 0 Å². The van der Waals surface area contributed by atoms with E-state index < -0.39 is 5.60 Å². The molecule has 1 spiro atoms. The molecule has 0 aromatic carbocycles. The second-order valence-electron chi connectivity index (χ2n) is 8.49. The van der Waals surface area contributed by atoms with Crippen LogP contribution in [0.5, 0.6) is 0 Å². The quantitative estimate of drug-likeness (QED) is 0.715. The third-order valence-corrected chi connectivity index (χ3v) is 7.02. The van der Waals surface area contributed by atoms with Crippen molar-refractivity contribution in [2.75, 3.05) is 0 Å². The lowest BCUT2D eigenvalue weighted by atomic mass is 9.68. The predicted molar refractivity (Wildman–Crippen MR) is 89.0 cm³/mol. The molecule has 5 unspecified atom stereocenters. The van der Waals surface area contributed by atoms with Gasteiger partial charge in [-0.2, -0.15) is 0 Å².